The second kappa shape index (κ2) is 7.76. The number of aromatic nitrogens is 3. The highest BCUT2D eigenvalue weighted by Crippen LogP contribution is 2.42. The van der Waals surface area contributed by atoms with Crippen LogP contribution in [0.5, 0.6) is 0 Å². The largest absolute Gasteiger partial charge is 0.478 e. The molecule has 0 aliphatic heterocycles. The van der Waals surface area contributed by atoms with Gasteiger partial charge in [0.1, 0.15) is 29.9 Å². The summed E-state index contributed by atoms with van der Waals surface area (Å²) in [6.07, 6.45) is 4.50. The zero-order valence-corrected chi connectivity index (χ0v) is 15.7. The van der Waals surface area contributed by atoms with E-state index in [1.54, 1.807) is 20.1 Å². The normalized spacial score (nSPS) is 14.2. The van der Waals surface area contributed by atoms with Gasteiger partial charge >= 0.3 is 0 Å². The van der Waals surface area contributed by atoms with E-state index in [1.807, 2.05) is 0 Å². The van der Waals surface area contributed by atoms with Gasteiger partial charge in [0, 0.05) is 17.0 Å². The minimum absolute atomic E-state index is 0.0364. The summed E-state index contributed by atoms with van der Waals surface area (Å²) in [7, 11) is 0. The molecule has 0 radical (unpaired) electrons. The van der Waals surface area contributed by atoms with Gasteiger partial charge in [-0.1, -0.05) is 31.7 Å². The van der Waals surface area contributed by atoms with Gasteiger partial charge in [-0.05, 0) is 24.5 Å². The van der Waals surface area contributed by atoms with Crippen molar-refractivity contribution in [3.8, 4) is 0 Å². The summed E-state index contributed by atoms with van der Waals surface area (Å²) in [5.74, 6) is -1.56. The number of halogens is 2. The van der Waals surface area contributed by atoms with Crippen molar-refractivity contribution in [1.82, 2.24) is 14.8 Å². The molecule has 2 rings (SSSR count). The maximum atomic E-state index is 14.5. The van der Waals surface area contributed by atoms with E-state index in [2.05, 4.69) is 10.1 Å². The molecule has 136 valence electrons. The van der Waals surface area contributed by atoms with Crippen LogP contribution in [0.25, 0.3) is 0 Å². The second-order valence-electron chi connectivity index (χ2n) is 6.20. The van der Waals surface area contributed by atoms with E-state index in [0.717, 1.165) is 12.1 Å². The third-order valence-corrected chi connectivity index (χ3v) is 5.14. The van der Waals surface area contributed by atoms with Crippen LogP contribution in [0.4, 0.5) is 8.78 Å². The number of aliphatic hydroxyl groups is 1. The van der Waals surface area contributed by atoms with Gasteiger partial charge in [-0.3, -0.25) is 0 Å². The first-order valence-electron chi connectivity index (χ1n) is 7.41. The maximum Gasteiger partial charge on any atom is 0.219 e. The van der Waals surface area contributed by atoms with E-state index in [-0.39, 0.29) is 18.7 Å². The summed E-state index contributed by atoms with van der Waals surface area (Å²) >= 11 is 6.29. The van der Waals surface area contributed by atoms with E-state index in [1.165, 1.54) is 35.2 Å². The first kappa shape index (κ1) is 19.7. The van der Waals surface area contributed by atoms with E-state index >= 15 is 0 Å². The molecule has 9 heteroatoms. The van der Waals surface area contributed by atoms with Gasteiger partial charge in [0.2, 0.25) is 4.38 Å². The van der Waals surface area contributed by atoms with Crippen LogP contribution in [0.1, 0.15) is 19.4 Å². The van der Waals surface area contributed by atoms with Gasteiger partial charge in [-0.15, -0.1) is 0 Å². The Kier molecular flexibility index (Phi) is 6.12. The van der Waals surface area contributed by atoms with Crippen LogP contribution in [0, 0.1) is 17.0 Å². The van der Waals surface area contributed by atoms with E-state index in [4.69, 9.17) is 17.0 Å². The molecule has 0 aliphatic rings. The van der Waals surface area contributed by atoms with Gasteiger partial charge in [-0.2, -0.15) is 5.10 Å². The molecule has 1 aromatic heterocycles. The van der Waals surface area contributed by atoms with Crippen molar-refractivity contribution >= 4 is 28.4 Å². The zero-order chi connectivity index (χ0) is 18.7. The predicted octanol–water partition coefficient (Wildman–Crippen LogP) is 3.13. The highest BCUT2D eigenvalue weighted by molar-refractivity contribution is 8.22. The van der Waals surface area contributed by atoms with Crippen LogP contribution in [0.3, 0.4) is 0 Å². The SMILES string of the molecule is CSC(=S)OCC(C)(C)C(O)(Cn1cncn1)c1ccc(F)cc1F. The zero-order valence-electron chi connectivity index (χ0n) is 14.1. The van der Waals surface area contributed by atoms with Gasteiger partial charge in [0.25, 0.3) is 0 Å². The number of thioether (sulfide) groups is 1. The molecule has 2 aromatic rings. The van der Waals surface area contributed by atoms with Gasteiger partial charge in [0.15, 0.2) is 0 Å². The van der Waals surface area contributed by atoms with Gasteiger partial charge in [-0.25, -0.2) is 18.4 Å². The van der Waals surface area contributed by atoms with Crippen molar-refractivity contribution in [3.63, 3.8) is 0 Å². The van der Waals surface area contributed by atoms with Crippen LogP contribution in [0.15, 0.2) is 30.9 Å². The summed E-state index contributed by atoms with van der Waals surface area (Å²) in [6.45, 7) is 3.39. The average molecular weight is 387 g/mol. The first-order chi connectivity index (χ1) is 11.7. The third kappa shape index (κ3) is 4.34. The smallest absolute Gasteiger partial charge is 0.219 e. The fraction of sp³-hybridized carbons (Fsp3) is 0.438. The molecule has 0 spiro atoms. The monoisotopic (exact) mass is 387 g/mol. The molecule has 0 saturated heterocycles. The molecule has 0 saturated carbocycles. The second-order valence-corrected chi connectivity index (χ2v) is 7.61. The predicted molar refractivity (Wildman–Crippen MR) is 96.1 cm³/mol. The van der Waals surface area contributed by atoms with Crippen molar-refractivity contribution in [1.29, 1.82) is 0 Å². The number of benzene rings is 1. The maximum absolute atomic E-state index is 14.5. The first-order valence-corrected chi connectivity index (χ1v) is 9.04. The topological polar surface area (TPSA) is 60.2 Å². The molecule has 0 aliphatic carbocycles. The Morgan fingerprint density at radius 2 is 2.12 bits per heavy atom. The summed E-state index contributed by atoms with van der Waals surface area (Å²) in [6, 6.07) is 3.08. The molecule has 1 heterocycles. The molecular weight excluding hydrogens is 368 g/mol. The summed E-state index contributed by atoms with van der Waals surface area (Å²) in [5.41, 5.74) is -2.77. The molecule has 1 unspecified atom stereocenters. The lowest BCUT2D eigenvalue weighted by molar-refractivity contribution is -0.109. The molecule has 1 N–H and O–H groups in total. The van der Waals surface area contributed by atoms with Crippen molar-refractivity contribution in [2.75, 3.05) is 12.9 Å². The molecule has 0 bridgehead atoms. The van der Waals surface area contributed by atoms with E-state index in [0.29, 0.717) is 4.38 Å². The lowest BCUT2D eigenvalue weighted by Crippen LogP contribution is -2.49. The number of thiocarbonyl (C=S) groups is 1. The standard InChI is InChI=1S/C16H19F2N3O2S2/c1-15(2,8-23-14(24)25-3)16(22,7-21-10-19-9-20-21)12-5-4-11(17)6-13(12)18/h4-6,9-10,22H,7-8H2,1-3H3. The van der Waals surface area contributed by atoms with Crippen LogP contribution >= 0.6 is 24.0 Å². The Balaban J connectivity index is 2.45. The molecule has 1 atom stereocenters. The van der Waals surface area contributed by atoms with E-state index < -0.39 is 22.7 Å². The Hall–Kier alpha value is -1.58. The van der Waals surface area contributed by atoms with Crippen LogP contribution in [-0.4, -0.2) is 37.1 Å². The highest BCUT2D eigenvalue weighted by Gasteiger charge is 2.48. The van der Waals surface area contributed by atoms with Gasteiger partial charge in [0.05, 0.1) is 13.2 Å². The summed E-state index contributed by atoms with van der Waals surface area (Å²) < 4.78 is 35.0. The lowest BCUT2D eigenvalue weighted by atomic mass is 9.71. The van der Waals surface area contributed by atoms with Crippen molar-refractivity contribution in [2.24, 2.45) is 5.41 Å². The Morgan fingerprint density at radius 3 is 2.68 bits per heavy atom. The summed E-state index contributed by atoms with van der Waals surface area (Å²) in [5, 5.41) is 15.4. The molecule has 0 amide bonds. The lowest BCUT2D eigenvalue weighted by Gasteiger charge is -2.42. The minimum atomic E-state index is -1.74. The molecule has 5 nitrogen and oxygen atoms in total. The number of ether oxygens (including phenoxy) is 1. The van der Waals surface area contributed by atoms with Crippen molar-refractivity contribution in [2.45, 2.75) is 26.0 Å². The molecular formula is C16H19F2N3O2S2. The molecule has 25 heavy (non-hydrogen) atoms. The number of nitrogens with zero attached hydrogens (tertiary/aromatic N) is 3. The van der Waals surface area contributed by atoms with Crippen LogP contribution in [0.2, 0.25) is 0 Å². The molecule has 0 fully saturated rings. The highest BCUT2D eigenvalue weighted by atomic mass is 32.2. The van der Waals surface area contributed by atoms with Gasteiger partial charge < -0.3 is 9.84 Å². The Labute approximate surface area is 154 Å². The quantitative estimate of drug-likeness (QED) is 0.769. The number of hydrogen-bond acceptors (Lipinski definition) is 6. The minimum Gasteiger partial charge on any atom is -0.478 e. The third-order valence-electron chi connectivity index (χ3n) is 4.07. The van der Waals surface area contributed by atoms with Crippen LogP contribution < -0.4 is 0 Å². The number of hydrogen-bond donors (Lipinski definition) is 1. The van der Waals surface area contributed by atoms with Crippen molar-refractivity contribution in [3.05, 3.63) is 48.1 Å². The average Bonchev–Trinajstić information content (AvgIpc) is 3.05. The Morgan fingerprint density at radius 1 is 1.40 bits per heavy atom. The fourth-order valence-corrected chi connectivity index (χ4v) is 2.69. The van der Waals surface area contributed by atoms with Crippen LogP contribution in [-0.2, 0) is 16.9 Å². The fourth-order valence-electron chi connectivity index (χ4n) is 2.46. The van der Waals surface area contributed by atoms with E-state index in [9.17, 15) is 13.9 Å². The van der Waals surface area contributed by atoms with Crippen molar-refractivity contribution < 1.29 is 18.6 Å². The molecule has 1 aromatic carbocycles. The number of rotatable bonds is 6. The summed E-state index contributed by atoms with van der Waals surface area (Å²) in [4.78, 5) is 3.84. The Bertz CT molecular complexity index is 741.